The predicted octanol–water partition coefficient (Wildman–Crippen LogP) is 5.24. The largest absolute Gasteiger partial charge is 0.241 e. The van der Waals surface area contributed by atoms with E-state index >= 15 is 0 Å². The summed E-state index contributed by atoms with van der Waals surface area (Å²) in [7, 11) is 0. The molecule has 0 unspecified atom stereocenters. The third-order valence-electron chi connectivity index (χ3n) is 3.82. The summed E-state index contributed by atoms with van der Waals surface area (Å²) in [5, 5.41) is 0. The van der Waals surface area contributed by atoms with Crippen LogP contribution in [0.4, 0.5) is 8.78 Å². The first kappa shape index (κ1) is 14.5. The molecule has 1 heterocycles. The average Bonchev–Trinajstić information content (AvgIpc) is 2.65. The van der Waals surface area contributed by atoms with Crippen LogP contribution in [-0.4, -0.2) is 9.97 Å². The summed E-state index contributed by atoms with van der Waals surface area (Å²) in [4.78, 5) is 8.81. The van der Waals surface area contributed by atoms with E-state index in [9.17, 15) is 8.78 Å². The van der Waals surface area contributed by atoms with Crippen LogP contribution < -0.4 is 0 Å². The number of benzene rings is 3. The van der Waals surface area contributed by atoms with Gasteiger partial charge in [0.25, 0.3) is 0 Å². The normalized spacial score (nSPS) is 10.9. The minimum absolute atomic E-state index is 0.0615. The maximum Gasteiger partial charge on any atom is 0.151 e. The number of nitrogens with zero attached hydrogens (tertiary/aromatic N) is 2. The second-order valence-electron chi connectivity index (χ2n) is 5.38. The topological polar surface area (TPSA) is 25.8 Å². The molecule has 0 saturated heterocycles. The summed E-state index contributed by atoms with van der Waals surface area (Å²) < 4.78 is 28.3. The Labute approximate surface area is 137 Å². The Morgan fingerprint density at radius 1 is 0.500 bits per heavy atom. The van der Waals surface area contributed by atoms with Crippen LogP contribution in [0.15, 0.2) is 72.8 Å². The van der Waals surface area contributed by atoms with Crippen molar-refractivity contribution < 1.29 is 8.78 Å². The molecule has 0 N–H and O–H groups in total. The molecule has 0 spiro atoms. The Morgan fingerprint density at radius 2 is 0.875 bits per heavy atom. The van der Waals surface area contributed by atoms with E-state index in [1.54, 1.807) is 0 Å². The molecule has 0 bridgehead atoms. The van der Waals surface area contributed by atoms with E-state index in [4.69, 9.17) is 0 Å². The molecule has 24 heavy (non-hydrogen) atoms. The molecule has 0 atom stereocenters. The third kappa shape index (κ3) is 2.42. The second kappa shape index (κ2) is 5.81. The standard InChI is InChI=1S/C20H12F2N2/c21-15-11-12-16(22)20-19(15)23-17(13-7-3-1-4-8-13)18(24-20)14-9-5-2-6-10-14/h1-12H. The van der Waals surface area contributed by atoms with Gasteiger partial charge in [-0.2, -0.15) is 0 Å². The first-order valence-corrected chi connectivity index (χ1v) is 7.50. The fraction of sp³-hybridized carbons (Fsp3) is 0. The van der Waals surface area contributed by atoms with Gasteiger partial charge in [-0.25, -0.2) is 18.7 Å². The lowest BCUT2D eigenvalue weighted by molar-refractivity contribution is 0.613. The van der Waals surface area contributed by atoms with Gasteiger partial charge in [-0.15, -0.1) is 0 Å². The number of rotatable bonds is 2. The summed E-state index contributed by atoms with van der Waals surface area (Å²) in [6.45, 7) is 0. The Kier molecular flexibility index (Phi) is 3.50. The van der Waals surface area contributed by atoms with Crippen LogP contribution in [0.25, 0.3) is 33.5 Å². The van der Waals surface area contributed by atoms with Gasteiger partial charge >= 0.3 is 0 Å². The molecular formula is C20H12F2N2. The summed E-state index contributed by atoms with van der Waals surface area (Å²) in [6.07, 6.45) is 0. The predicted molar refractivity (Wildman–Crippen MR) is 90.3 cm³/mol. The van der Waals surface area contributed by atoms with Crippen LogP contribution in [0.1, 0.15) is 0 Å². The zero-order chi connectivity index (χ0) is 16.5. The fourth-order valence-corrected chi connectivity index (χ4v) is 2.67. The monoisotopic (exact) mass is 318 g/mol. The van der Waals surface area contributed by atoms with Crippen molar-refractivity contribution in [1.29, 1.82) is 0 Å². The minimum atomic E-state index is -0.587. The van der Waals surface area contributed by atoms with Crippen LogP contribution in [0, 0.1) is 11.6 Å². The van der Waals surface area contributed by atoms with Crippen molar-refractivity contribution >= 4 is 11.0 Å². The van der Waals surface area contributed by atoms with Crippen LogP contribution in [0.2, 0.25) is 0 Å². The highest BCUT2D eigenvalue weighted by Crippen LogP contribution is 2.32. The molecule has 0 amide bonds. The van der Waals surface area contributed by atoms with Crippen molar-refractivity contribution in [2.75, 3.05) is 0 Å². The number of hydrogen-bond donors (Lipinski definition) is 0. The molecule has 4 rings (SSSR count). The number of halogens is 2. The quantitative estimate of drug-likeness (QED) is 0.505. The maximum atomic E-state index is 14.1. The molecule has 4 aromatic rings. The lowest BCUT2D eigenvalue weighted by Gasteiger charge is -2.11. The van der Waals surface area contributed by atoms with Crippen molar-refractivity contribution in [2.24, 2.45) is 0 Å². The van der Waals surface area contributed by atoms with E-state index in [2.05, 4.69) is 9.97 Å². The van der Waals surface area contributed by atoms with Gasteiger partial charge in [0.1, 0.15) is 11.0 Å². The smallest absolute Gasteiger partial charge is 0.151 e. The van der Waals surface area contributed by atoms with Gasteiger partial charge in [0.05, 0.1) is 11.4 Å². The van der Waals surface area contributed by atoms with Crippen LogP contribution >= 0.6 is 0 Å². The molecule has 2 nitrogen and oxygen atoms in total. The summed E-state index contributed by atoms with van der Waals surface area (Å²) in [5.74, 6) is -1.17. The molecule has 0 radical (unpaired) electrons. The molecule has 3 aromatic carbocycles. The number of fused-ring (bicyclic) bond motifs is 1. The molecule has 0 aliphatic heterocycles. The molecule has 0 saturated carbocycles. The van der Waals surface area contributed by atoms with Gasteiger partial charge in [-0.1, -0.05) is 60.7 Å². The lowest BCUT2D eigenvalue weighted by atomic mass is 10.0. The van der Waals surface area contributed by atoms with Gasteiger partial charge in [-0.3, -0.25) is 0 Å². The Balaban J connectivity index is 2.10. The summed E-state index contributed by atoms with van der Waals surface area (Å²) in [5.41, 5.74) is 2.53. The van der Waals surface area contributed by atoms with E-state index in [1.165, 1.54) is 0 Å². The third-order valence-corrected chi connectivity index (χ3v) is 3.82. The van der Waals surface area contributed by atoms with E-state index in [-0.39, 0.29) is 11.0 Å². The highest BCUT2D eigenvalue weighted by Gasteiger charge is 2.17. The van der Waals surface area contributed by atoms with Gasteiger partial charge in [0.15, 0.2) is 11.6 Å². The molecule has 4 heteroatoms. The summed E-state index contributed by atoms with van der Waals surface area (Å²) >= 11 is 0. The first-order chi connectivity index (χ1) is 11.7. The SMILES string of the molecule is Fc1ccc(F)c2nc(-c3ccccc3)c(-c3ccccc3)nc12. The number of aromatic nitrogens is 2. The maximum absolute atomic E-state index is 14.1. The zero-order valence-electron chi connectivity index (χ0n) is 12.6. The van der Waals surface area contributed by atoms with E-state index in [1.807, 2.05) is 60.7 Å². The first-order valence-electron chi connectivity index (χ1n) is 7.50. The molecule has 0 fully saturated rings. The lowest BCUT2D eigenvalue weighted by Crippen LogP contribution is -1.99. The van der Waals surface area contributed by atoms with Crippen molar-refractivity contribution in [3.63, 3.8) is 0 Å². The fourth-order valence-electron chi connectivity index (χ4n) is 2.67. The molecule has 0 aliphatic carbocycles. The van der Waals surface area contributed by atoms with E-state index in [0.717, 1.165) is 23.3 Å². The van der Waals surface area contributed by atoms with E-state index in [0.29, 0.717) is 11.4 Å². The molecule has 0 aliphatic rings. The molecular weight excluding hydrogens is 306 g/mol. The molecule has 1 aromatic heterocycles. The van der Waals surface area contributed by atoms with Crippen molar-refractivity contribution in [2.45, 2.75) is 0 Å². The minimum Gasteiger partial charge on any atom is -0.241 e. The van der Waals surface area contributed by atoms with Gasteiger partial charge in [0, 0.05) is 11.1 Å². The van der Waals surface area contributed by atoms with Crippen molar-refractivity contribution in [3.05, 3.63) is 84.4 Å². The zero-order valence-corrected chi connectivity index (χ0v) is 12.6. The van der Waals surface area contributed by atoms with Crippen molar-refractivity contribution in [1.82, 2.24) is 9.97 Å². The van der Waals surface area contributed by atoms with E-state index < -0.39 is 11.6 Å². The number of hydrogen-bond acceptors (Lipinski definition) is 2. The highest BCUT2D eigenvalue weighted by atomic mass is 19.1. The van der Waals surface area contributed by atoms with Gasteiger partial charge in [-0.05, 0) is 12.1 Å². The van der Waals surface area contributed by atoms with Gasteiger partial charge < -0.3 is 0 Å². The van der Waals surface area contributed by atoms with Crippen LogP contribution in [-0.2, 0) is 0 Å². The Morgan fingerprint density at radius 3 is 1.25 bits per heavy atom. The Hall–Kier alpha value is -3.14. The Bertz CT molecular complexity index is 932. The van der Waals surface area contributed by atoms with Crippen molar-refractivity contribution in [3.8, 4) is 22.5 Å². The summed E-state index contributed by atoms with van der Waals surface area (Å²) in [6, 6.07) is 20.9. The van der Waals surface area contributed by atoms with Gasteiger partial charge in [0.2, 0.25) is 0 Å². The average molecular weight is 318 g/mol. The molecule has 116 valence electrons. The van der Waals surface area contributed by atoms with Crippen LogP contribution in [0.5, 0.6) is 0 Å². The highest BCUT2D eigenvalue weighted by molar-refractivity contribution is 5.86. The van der Waals surface area contributed by atoms with Crippen LogP contribution in [0.3, 0.4) is 0 Å². The second-order valence-corrected chi connectivity index (χ2v) is 5.38.